The van der Waals surface area contributed by atoms with E-state index in [0.29, 0.717) is 6.54 Å². The number of hydrogen-bond acceptors (Lipinski definition) is 3. The van der Waals surface area contributed by atoms with Gasteiger partial charge in [0.15, 0.2) is 0 Å². The molecule has 0 aliphatic carbocycles. The fraction of sp³-hybridized carbons (Fsp3) is 0.353. The predicted molar refractivity (Wildman–Crippen MR) is 87.2 cm³/mol. The van der Waals surface area contributed by atoms with Crippen molar-refractivity contribution >= 4 is 17.2 Å². The molecule has 0 spiro atoms. The van der Waals surface area contributed by atoms with Crippen LogP contribution in [0.4, 0.5) is 0 Å². The highest BCUT2D eigenvalue weighted by molar-refractivity contribution is 7.14. The van der Waals surface area contributed by atoms with Crippen molar-refractivity contribution < 1.29 is 9.53 Å². The van der Waals surface area contributed by atoms with Crippen LogP contribution in [-0.2, 0) is 13.0 Å². The third-order valence-corrected chi connectivity index (χ3v) is 4.44. The molecule has 0 radical (unpaired) electrons. The van der Waals surface area contributed by atoms with Gasteiger partial charge in [-0.2, -0.15) is 0 Å². The lowest BCUT2D eigenvalue weighted by atomic mass is 10.1. The molecule has 1 amide bonds. The van der Waals surface area contributed by atoms with E-state index in [1.165, 1.54) is 10.4 Å². The Morgan fingerprint density at radius 3 is 2.86 bits per heavy atom. The molecular formula is C17H21NO2S. The number of rotatable bonds is 6. The van der Waals surface area contributed by atoms with Crippen LogP contribution in [0.2, 0.25) is 0 Å². The van der Waals surface area contributed by atoms with Crippen molar-refractivity contribution in [3.05, 3.63) is 51.2 Å². The molecule has 4 heteroatoms. The van der Waals surface area contributed by atoms with Crippen molar-refractivity contribution in [1.82, 2.24) is 5.32 Å². The third-order valence-electron chi connectivity index (χ3n) is 3.35. The van der Waals surface area contributed by atoms with Crippen LogP contribution in [0, 0.1) is 6.92 Å². The van der Waals surface area contributed by atoms with Crippen molar-refractivity contribution in [2.75, 3.05) is 7.11 Å². The Kier molecular flexibility index (Phi) is 5.39. The summed E-state index contributed by atoms with van der Waals surface area (Å²) in [6, 6.07) is 9.75. The van der Waals surface area contributed by atoms with Crippen LogP contribution in [0.5, 0.6) is 5.75 Å². The van der Waals surface area contributed by atoms with Crippen LogP contribution < -0.4 is 10.1 Å². The highest BCUT2D eigenvalue weighted by Crippen LogP contribution is 2.23. The summed E-state index contributed by atoms with van der Waals surface area (Å²) in [6.07, 6.45) is 2.13. The number of aryl methyl sites for hydroxylation is 2. The topological polar surface area (TPSA) is 38.3 Å². The maximum Gasteiger partial charge on any atom is 0.261 e. The summed E-state index contributed by atoms with van der Waals surface area (Å²) >= 11 is 1.57. The van der Waals surface area contributed by atoms with Gasteiger partial charge in [-0.25, -0.2) is 0 Å². The van der Waals surface area contributed by atoms with Gasteiger partial charge in [-0.1, -0.05) is 25.5 Å². The SMILES string of the molecule is CCCc1cc(C(=O)NCc2cccc(OC)c2)sc1C. The number of nitrogens with one attached hydrogen (secondary N) is 1. The van der Waals surface area contributed by atoms with Crippen LogP contribution in [0.3, 0.4) is 0 Å². The highest BCUT2D eigenvalue weighted by atomic mass is 32.1. The molecule has 2 aromatic rings. The molecule has 2 rings (SSSR count). The Labute approximate surface area is 130 Å². The summed E-state index contributed by atoms with van der Waals surface area (Å²) < 4.78 is 5.18. The van der Waals surface area contributed by atoms with Crippen molar-refractivity contribution in [3.63, 3.8) is 0 Å². The van der Waals surface area contributed by atoms with Gasteiger partial charge in [0, 0.05) is 11.4 Å². The van der Waals surface area contributed by atoms with Crippen LogP contribution >= 0.6 is 11.3 Å². The van der Waals surface area contributed by atoms with E-state index in [0.717, 1.165) is 29.0 Å². The van der Waals surface area contributed by atoms with E-state index in [1.807, 2.05) is 30.3 Å². The second-order valence-corrected chi connectivity index (χ2v) is 6.23. The maximum absolute atomic E-state index is 12.2. The normalized spacial score (nSPS) is 10.4. The molecule has 0 aliphatic heterocycles. The lowest BCUT2D eigenvalue weighted by Gasteiger charge is -2.05. The minimum atomic E-state index is -0.00623. The first-order valence-electron chi connectivity index (χ1n) is 7.14. The van der Waals surface area contributed by atoms with Crippen molar-refractivity contribution in [2.24, 2.45) is 0 Å². The maximum atomic E-state index is 12.2. The van der Waals surface area contributed by atoms with E-state index >= 15 is 0 Å². The Morgan fingerprint density at radius 2 is 2.14 bits per heavy atom. The van der Waals surface area contributed by atoms with Gasteiger partial charge in [-0.05, 0) is 42.7 Å². The van der Waals surface area contributed by atoms with Crippen molar-refractivity contribution in [1.29, 1.82) is 0 Å². The number of ether oxygens (including phenoxy) is 1. The molecule has 0 saturated carbocycles. The standard InChI is InChI=1S/C17H21NO2S/c1-4-6-14-10-16(21-12(14)2)17(19)18-11-13-7-5-8-15(9-13)20-3/h5,7-10H,4,6,11H2,1-3H3,(H,18,19). The van der Waals surface area contributed by atoms with Crippen LogP contribution in [-0.4, -0.2) is 13.0 Å². The molecule has 1 N–H and O–H groups in total. The monoisotopic (exact) mass is 303 g/mol. The Balaban J connectivity index is 1.99. The first kappa shape index (κ1) is 15.6. The quantitative estimate of drug-likeness (QED) is 0.877. The van der Waals surface area contributed by atoms with Crippen LogP contribution in [0.15, 0.2) is 30.3 Å². The zero-order chi connectivity index (χ0) is 15.2. The van der Waals surface area contributed by atoms with E-state index < -0.39 is 0 Å². The lowest BCUT2D eigenvalue weighted by molar-refractivity contribution is 0.0955. The van der Waals surface area contributed by atoms with Gasteiger partial charge in [0.25, 0.3) is 5.91 Å². The number of thiophene rings is 1. The summed E-state index contributed by atoms with van der Waals surface area (Å²) in [5.74, 6) is 0.798. The van der Waals surface area contributed by atoms with Gasteiger partial charge in [-0.3, -0.25) is 4.79 Å². The number of carbonyl (C=O) groups is 1. The van der Waals surface area contributed by atoms with Crippen molar-refractivity contribution in [2.45, 2.75) is 33.2 Å². The van der Waals surface area contributed by atoms with E-state index in [-0.39, 0.29) is 5.91 Å². The molecule has 0 fully saturated rings. The lowest BCUT2D eigenvalue weighted by Crippen LogP contribution is -2.21. The number of amides is 1. The first-order valence-corrected chi connectivity index (χ1v) is 7.96. The zero-order valence-corrected chi connectivity index (χ0v) is 13.5. The Bertz CT molecular complexity index is 619. The molecule has 21 heavy (non-hydrogen) atoms. The summed E-state index contributed by atoms with van der Waals surface area (Å²) in [7, 11) is 1.64. The fourth-order valence-corrected chi connectivity index (χ4v) is 3.19. The number of carbonyl (C=O) groups excluding carboxylic acids is 1. The molecule has 1 aromatic carbocycles. The number of methoxy groups -OCH3 is 1. The van der Waals surface area contributed by atoms with Gasteiger partial charge >= 0.3 is 0 Å². The molecule has 0 aliphatic rings. The molecule has 3 nitrogen and oxygen atoms in total. The van der Waals surface area contributed by atoms with Crippen LogP contribution in [0.1, 0.15) is 39.0 Å². The first-order chi connectivity index (χ1) is 10.1. The Morgan fingerprint density at radius 1 is 1.33 bits per heavy atom. The fourth-order valence-electron chi connectivity index (χ4n) is 2.20. The number of benzene rings is 1. The molecule has 1 aromatic heterocycles. The van der Waals surface area contributed by atoms with Gasteiger partial charge in [-0.15, -0.1) is 11.3 Å². The smallest absolute Gasteiger partial charge is 0.261 e. The van der Waals surface area contributed by atoms with E-state index in [4.69, 9.17) is 4.74 Å². The van der Waals surface area contributed by atoms with E-state index in [2.05, 4.69) is 19.2 Å². The average Bonchev–Trinajstić information content (AvgIpc) is 2.87. The van der Waals surface area contributed by atoms with Gasteiger partial charge in [0.2, 0.25) is 0 Å². The molecule has 0 bridgehead atoms. The summed E-state index contributed by atoms with van der Waals surface area (Å²) in [4.78, 5) is 14.2. The van der Waals surface area contributed by atoms with Gasteiger partial charge < -0.3 is 10.1 Å². The van der Waals surface area contributed by atoms with Gasteiger partial charge in [0.1, 0.15) is 5.75 Å². The minimum Gasteiger partial charge on any atom is -0.497 e. The largest absolute Gasteiger partial charge is 0.497 e. The molecule has 1 heterocycles. The molecule has 0 saturated heterocycles. The highest BCUT2D eigenvalue weighted by Gasteiger charge is 2.11. The second-order valence-electron chi connectivity index (χ2n) is 4.98. The van der Waals surface area contributed by atoms with E-state index in [1.54, 1.807) is 18.4 Å². The number of hydrogen-bond donors (Lipinski definition) is 1. The van der Waals surface area contributed by atoms with E-state index in [9.17, 15) is 4.79 Å². The van der Waals surface area contributed by atoms with Crippen LogP contribution in [0.25, 0.3) is 0 Å². The average molecular weight is 303 g/mol. The molecule has 0 atom stereocenters. The summed E-state index contributed by atoms with van der Waals surface area (Å²) in [5.41, 5.74) is 2.32. The molecule has 0 unspecified atom stereocenters. The molecule has 112 valence electrons. The Hall–Kier alpha value is -1.81. The molecular weight excluding hydrogens is 282 g/mol. The summed E-state index contributed by atoms with van der Waals surface area (Å²) in [5, 5.41) is 2.97. The summed E-state index contributed by atoms with van der Waals surface area (Å²) in [6.45, 7) is 4.74. The predicted octanol–water partition coefficient (Wildman–Crippen LogP) is 3.95. The second kappa shape index (κ2) is 7.27. The zero-order valence-electron chi connectivity index (χ0n) is 12.7. The van der Waals surface area contributed by atoms with Gasteiger partial charge in [0.05, 0.1) is 12.0 Å². The van der Waals surface area contributed by atoms with Crippen molar-refractivity contribution in [3.8, 4) is 5.75 Å². The third kappa shape index (κ3) is 4.08. The minimum absolute atomic E-state index is 0.00623.